The van der Waals surface area contributed by atoms with Gasteiger partial charge in [0.05, 0.1) is 21.9 Å². The number of hydrogen-bond acceptors (Lipinski definition) is 3. The highest BCUT2D eigenvalue weighted by atomic mass is 35.5. The average molecular weight is 548 g/mol. The van der Waals surface area contributed by atoms with Crippen LogP contribution in [0, 0.1) is 11.2 Å². The quantitative estimate of drug-likeness (QED) is 0.140. The van der Waals surface area contributed by atoms with Crippen molar-refractivity contribution in [1.82, 2.24) is 9.55 Å². The molecule has 4 nitrogen and oxygen atoms in total. The Morgan fingerprint density at radius 2 is 1.71 bits per heavy atom. The fourth-order valence-corrected chi connectivity index (χ4v) is 5.35. The summed E-state index contributed by atoms with van der Waals surface area (Å²) >= 11 is 20.4. The topological polar surface area (TPSA) is 67.7 Å². The van der Waals surface area contributed by atoms with Gasteiger partial charge in [-0.05, 0) is 53.6 Å². The minimum absolute atomic E-state index is 0.0351. The maximum absolute atomic E-state index is 13.7. The fourth-order valence-electron chi connectivity index (χ4n) is 3.72. The van der Waals surface area contributed by atoms with Crippen molar-refractivity contribution >= 4 is 52.4 Å². The minimum Gasteiger partial charge on any atom is -0.384 e. The van der Waals surface area contributed by atoms with Gasteiger partial charge in [-0.3, -0.25) is 9.98 Å². The third kappa shape index (κ3) is 5.36. The Hall–Kier alpha value is -2.51. The second-order valence-electron chi connectivity index (χ2n) is 8.50. The summed E-state index contributed by atoms with van der Waals surface area (Å²) < 4.78 is 15.7. The van der Waals surface area contributed by atoms with Gasteiger partial charge >= 0.3 is 0 Å². The Morgan fingerprint density at radius 3 is 2.34 bits per heavy atom. The van der Waals surface area contributed by atoms with Crippen LogP contribution in [0.2, 0.25) is 15.1 Å². The largest absolute Gasteiger partial charge is 0.384 e. The molecule has 0 fully saturated rings. The van der Waals surface area contributed by atoms with Gasteiger partial charge in [-0.1, -0.05) is 78.6 Å². The third-order valence-corrected chi connectivity index (χ3v) is 7.91. The number of thioether (sulfide) groups is 1. The zero-order chi connectivity index (χ0) is 25.3. The second kappa shape index (κ2) is 10.2. The number of benzene rings is 3. The lowest BCUT2D eigenvalue weighted by molar-refractivity contribution is 0.591. The number of imidazole rings is 1. The van der Waals surface area contributed by atoms with E-state index < -0.39 is 5.41 Å². The van der Waals surface area contributed by atoms with Gasteiger partial charge in [0.25, 0.3) is 0 Å². The van der Waals surface area contributed by atoms with Crippen LogP contribution in [0.1, 0.15) is 36.2 Å². The highest BCUT2D eigenvalue weighted by Gasteiger charge is 2.30. The van der Waals surface area contributed by atoms with E-state index in [4.69, 9.17) is 50.9 Å². The molecule has 0 amide bonds. The van der Waals surface area contributed by atoms with Crippen molar-refractivity contribution in [1.29, 1.82) is 5.41 Å². The van der Waals surface area contributed by atoms with E-state index in [2.05, 4.69) is 13.8 Å². The van der Waals surface area contributed by atoms with Crippen LogP contribution in [0.4, 0.5) is 4.39 Å². The Balaban J connectivity index is 1.75. The van der Waals surface area contributed by atoms with E-state index in [0.717, 1.165) is 27.7 Å². The summed E-state index contributed by atoms with van der Waals surface area (Å²) in [4.78, 5) is 4.71. The number of nitrogen functional groups attached to an aromatic ring is 1. The van der Waals surface area contributed by atoms with Gasteiger partial charge in [0.2, 0.25) is 0 Å². The van der Waals surface area contributed by atoms with E-state index in [1.54, 1.807) is 30.3 Å². The van der Waals surface area contributed by atoms with E-state index >= 15 is 0 Å². The molecule has 0 aliphatic rings. The van der Waals surface area contributed by atoms with Gasteiger partial charge in [0, 0.05) is 27.4 Å². The zero-order valence-corrected chi connectivity index (χ0v) is 22.0. The highest BCUT2D eigenvalue weighted by molar-refractivity contribution is 7.98. The predicted octanol–water partition coefficient (Wildman–Crippen LogP) is 7.87. The number of aromatic nitrogens is 2. The number of nitrogens with two attached hydrogens (primary N) is 1. The van der Waals surface area contributed by atoms with Crippen molar-refractivity contribution < 1.29 is 4.39 Å². The van der Waals surface area contributed by atoms with E-state index in [1.807, 2.05) is 29.0 Å². The first-order valence-corrected chi connectivity index (χ1v) is 12.7. The number of amidine groups is 1. The van der Waals surface area contributed by atoms with E-state index in [-0.39, 0.29) is 11.7 Å². The summed E-state index contributed by atoms with van der Waals surface area (Å²) in [5.41, 5.74) is 9.19. The van der Waals surface area contributed by atoms with Crippen LogP contribution in [-0.2, 0) is 11.2 Å². The van der Waals surface area contributed by atoms with Gasteiger partial charge < -0.3 is 5.73 Å². The van der Waals surface area contributed by atoms with E-state index in [9.17, 15) is 4.39 Å². The molecule has 0 saturated heterocycles. The molecule has 3 N–H and O–H groups in total. The van der Waals surface area contributed by atoms with Crippen LogP contribution < -0.4 is 5.73 Å². The van der Waals surface area contributed by atoms with Crippen molar-refractivity contribution in [2.75, 3.05) is 0 Å². The van der Waals surface area contributed by atoms with Crippen LogP contribution >= 0.6 is 46.6 Å². The summed E-state index contributed by atoms with van der Waals surface area (Å²) in [6, 6.07) is 17.2. The Morgan fingerprint density at radius 1 is 1.00 bits per heavy atom. The highest BCUT2D eigenvalue weighted by Crippen LogP contribution is 2.39. The molecule has 4 aromatic rings. The predicted molar refractivity (Wildman–Crippen MR) is 144 cm³/mol. The number of halogens is 4. The van der Waals surface area contributed by atoms with Gasteiger partial charge in [-0.2, -0.15) is 0 Å². The molecule has 0 aliphatic heterocycles. The molecule has 1 heterocycles. The molecule has 1 aromatic heterocycles. The summed E-state index contributed by atoms with van der Waals surface area (Å²) in [7, 11) is 0. The van der Waals surface area contributed by atoms with Crippen molar-refractivity contribution in [3.63, 3.8) is 0 Å². The molecule has 35 heavy (non-hydrogen) atoms. The van der Waals surface area contributed by atoms with Crippen LogP contribution in [-0.4, -0.2) is 15.4 Å². The minimum atomic E-state index is -0.491. The first kappa shape index (κ1) is 25.6. The molecule has 3 aromatic carbocycles. The molecule has 0 atom stereocenters. The first-order chi connectivity index (χ1) is 16.6. The Bertz CT molecular complexity index is 1400. The lowest BCUT2D eigenvalue weighted by atomic mass is 9.81. The molecule has 180 valence electrons. The monoisotopic (exact) mass is 546 g/mol. The van der Waals surface area contributed by atoms with Gasteiger partial charge in [0.15, 0.2) is 5.16 Å². The molecule has 9 heteroatoms. The van der Waals surface area contributed by atoms with Gasteiger partial charge in [-0.25, -0.2) is 9.37 Å². The van der Waals surface area contributed by atoms with Crippen molar-refractivity contribution in [2.45, 2.75) is 30.2 Å². The van der Waals surface area contributed by atoms with Crippen LogP contribution in [0.25, 0.3) is 5.69 Å². The smallest absolute Gasteiger partial charge is 0.173 e. The average Bonchev–Trinajstić information content (AvgIpc) is 3.25. The number of nitrogens with zero attached hydrogens (tertiary/aromatic N) is 2. The number of hydrogen-bond donors (Lipinski definition) is 2. The zero-order valence-electron chi connectivity index (χ0n) is 18.9. The van der Waals surface area contributed by atoms with Crippen molar-refractivity contribution in [2.24, 2.45) is 5.73 Å². The summed E-state index contributed by atoms with van der Waals surface area (Å²) in [6.45, 7) is 4.16. The standard InChI is InChI=1S/C26H22Cl3FN4S/c1-26(2,17-5-10-20(27)22(29)12-17)23-13-33-25(34(23)19-8-6-18(30)7-9-19)35-14-16-4-3-15(24(31)32)11-21(16)28/h3-13H,14H2,1-2H3,(H3,31,32). The van der Waals surface area contributed by atoms with Crippen LogP contribution in [0.15, 0.2) is 72.0 Å². The van der Waals surface area contributed by atoms with Crippen molar-refractivity contribution in [3.8, 4) is 5.69 Å². The molecule has 4 rings (SSSR count). The summed E-state index contributed by atoms with van der Waals surface area (Å²) in [6.07, 6.45) is 1.83. The molecule has 0 unspecified atom stereocenters. The molecular weight excluding hydrogens is 526 g/mol. The molecule has 0 saturated carbocycles. The Kier molecular flexibility index (Phi) is 7.48. The Labute approximate surface area is 222 Å². The lowest BCUT2D eigenvalue weighted by Gasteiger charge is -2.28. The van der Waals surface area contributed by atoms with E-state index in [0.29, 0.717) is 26.4 Å². The van der Waals surface area contributed by atoms with Crippen molar-refractivity contribution in [3.05, 3.63) is 110 Å². The first-order valence-electron chi connectivity index (χ1n) is 10.6. The number of rotatable bonds is 7. The van der Waals surface area contributed by atoms with Gasteiger partial charge in [-0.15, -0.1) is 0 Å². The SMILES string of the molecule is CC(C)(c1ccc(Cl)c(Cl)c1)c1cnc(SCc2ccc(C(=N)N)cc2Cl)n1-c1ccc(F)cc1. The molecule has 0 aliphatic carbocycles. The fraction of sp³-hybridized carbons (Fsp3) is 0.154. The van der Waals surface area contributed by atoms with Crippen LogP contribution in [0.5, 0.6) is 0 Å². The molecule has 0 spiro atoms. The molecule has 0 bridgehead atoms. The third-order valence-electron chi connectivity index (χ3n) is 5.82. The van der Waals surface area contributed by atoms with Gasteiger partial charge in [0.1, 0.15) is 11.7 Å². The van der Waals surface area contributed by atoms with Crippen LogP contribution in [0.3, 0.4) is 0 Å². The summed E-state index contributed by atoms with van der Waals surface area (Å²) in [5, 5.41) is 9.81. The summed E-state index contributed by atoms with van der Waals surface area (Å²) in [5.74, 6) is 0.194. The normalized spacial score (nSPS) is 11.6. The molecular formula is C26H22Cl3FN4S. The number of nitrogens with one attached hydrogen (secondary N) is 1. The molecule has 0 radical (unpaired) electrons. The van der Waals surface area contributed by atoms with E-state index in [1.165, 1.54) is 23.9 Å². The maximum atomic E-state index is 13.7. The lowest BCUT2D eigenvalue weighted by Crippen LogP contribution is -2.23. The maximum Gasteiger partial charge on any atom is 0.173 e. The second-order valence-corrected chi connectivity index (χ2v) is 10.7.